The SMILES string of the molecule is CC(NC(=O)NC1CCN(C)C1=O)C(C)C(=O)O. The second-order valence-corrected chi connectivity index (χ2v) is 4.63. The van der Waals surface area contributed by atoms with Crippen molar-refractivity contribution in [2.24, 2.45) is 5.92 Å². The Labute approximate surface area is 106 Å². The van der Waals surface area contributed by atoms with Crippen molar-refractivity contribution in [3.63, 3.8) is 0 Å². The number of carbonyl (C=O) groups is 3. The number of hydrogen-bond donors (Lipinski definition) is 3. The Morgan fingerprint density at radius 3 is 2.50 bits per heavy atom. The lowest BCUT2D eigenvalue weighted by atomic mass is 10.0. The first-order valence-electron chi connectivity index (χ1n) is 5.87. The summed E-state index contributed by atoms with van der Waals surface area (Å²) < 4.78 is 0. The van der Waals surface area contributed by atoms with E-state index in [0.717, 1.165) is 0 Å². The van der Waals surface area contributed by atoms with Gasteiger partial charge in [0.1, 0.15) is 6.04 Å². The van der Waals surface area contributed by atoms with Gasteiger partial charge in [-0.05, 0) is 20.3 Å². The van der Waals surface area contributed by atoms with Gasteiger partial charge in [0.15, 0.2) is 0 Å². The Hall–Kier alpha value is -1.79. The molecular formula is C11H19N3O4. The van der Waals surface area contributed by atoms with Crippen LogP contribution in [-0.2, 0) is 9.59 Å². The highest BCUT2D eigenvalue weighted by atomic mass is 16.4. The van der Waals surface area contributed by atoms with Crippen LogP contribution in [0.5, 0.6) is 0 Å². The minimum absolute atomic E-state index is 0.121. The predicted molar refractivity (Wildman–Crippen MR) is 64.0 cm³/mol. The molecule has 18 heavy (non-hydrogen) atoms. The van der Waals surface area contributed by atoms with Gasteiger partial charge in [0.25, 0.3) is 0 Å². The zero-order valence-corrected chi connectivity index (χ0v) is 10.8. The Morgan fingerprint density at radius 2 is 2.06 bits per heavy atom. The number of hydrogen-bond acceptors (Lipinski definition) is 3. The van der Waals surface area contributed by atoms with Gasteiger partial charge in [0, 0.05) is 19.6 Å². The van der Waals surface area contributed by atoms with Crippen molar-refractivity contribution >= 4 is 17.9 Å². The van der Waals surface area contributed by atoms with Crippen molar-refractivity contribution in [3.8, 4) is 0 Å². The highest BCUT2D eigenvalue weighted by molar-refractivity contribution is 5.88. The van der Waals surface area contributed by atoms with E-state index < -0.39 is 30.0 Å². The van der Waals surface area contributed by atoms with Crippen molar-refractivity contribution in [2.75, 3.05) is 13.6 Å². The molecule has 7 heteroatoms. The third-order valence-electron chi connectivity index (χ3n) is 3.23. The first-order chi connectivity index (χ1) is 8.32. The molecule has 1 rings (SSSR count). The van der Waals surface area contributed by atoms with Gasteiger partial charge in [0.05, 0.1) is 5.92 Å². The summed E-state index contributed by atoms with van der Waals surface area (Å²) in [4.78, 5) is 35.4. The van der Waals surface area contributed by atoms with Gasteiger partial charge < -0.3 is 20.6 Å². The summed E-state index contributed by atoms with van der Waals surface area (Å²) >= 11 is 0. The maximum Gasteiger partial charge on any atom is 0.315 e. The number of nitrogens with one attached hydrogen (secondary N) is 2. The molecule has 0 radical (unpaired) electrons. The van der Waals surface area contributed by atoms with Crippen LogP contribution in [0.4, 0.5) is 4.79 Å². The van der Waals surface area contributed by atoms with E-state index in [0.29, 0.717) is 13.0 Å². The topological polar surface area (TPSA) is 98.7 Å². The molecule has 0 aromatic rings. The number of likely N-dealkylation sites (N-methyl/N-ethyl adjacent to an activating group) is 1. The lowest BCUT2D eigenvalue weighted by Gasteiger charge is -2.19. The molecule has 0 spiro atoms. The average molecular weight is 257 g/mol. The van der Waals surface area contributed by atoms with E-state index >= 15 is 0 Å². The molecular weight excluding hydrogens is 238 g/mol. The molecule has 0 bridgehead atoms. The molecule has 3 unspecified atom stereocenters. The lowest BCUT2D eigenvalue weighted by molar-refractivity contribution is -0.141. The summed E-state index contributed by atoms with van der Waals surface area (Å²) in [5.41, 5.74) is 0. The summed E-state index contributed by atoms with van der Waals surface area (Å²) in [5, 5.41) is 13.9. The molecule has 1 heterocycles. The standard InChI is InChI=1S/C11H19N3O4/c1-6(10(16)17)7(2)12-11(18)13-8-4-5-14(3)9(8)15/h6-8H,4-5H2,1-3H3,(H,16,17)(H2,12,13,18). The van der Waals surface area contributed by atoms with Gasteiger partial charge in [-0.2, -0.15) is 0 Å². The molecule has 0 saturated carbocycles. The highest BCUT2D eigenvalue weighted by Gasteiger charge is 2.31. The Balaban J connectivity index is 2.43. The molecule has 1 aliphatic heterocycles. The third kappa shape index (κ3) is 3.35. The molecule has 1 saturated heterocycles. The van der Waals surface area contributed by atoms with Crippen molar-refractivity contribution < 1.29 is 19.5 Å². The fraction of sp³-hybridized carbons (Fsp3) is 0.727. The fourth-order valence-electron chi connectivity index (χ4n) is 1.70. The summed E-state index contributed by atoms with van der Waals surface area (Å²) in [5.74, 6) is -1.78. The maximum atomic E-state index is 11.6. The smallest absolute Gasteiger partial charge is 0.315 e. The largest absolute Gasteiger partial charge is 0.481 e. The van der Waals surface area contributed by atoms with E-state index in [1.165, 1.54) is 6.92 Å². The summed E-state index contributed by atoms with van der Waals surface area (Å²) in [7, 11) is 1.68. The van der Waals surface area contributed by atoms with Crippen LogP contribution < -0.4 is 10.6 Å². The predicted octanol–water partition coefficient (Wildman–Crippen LogP) is -0.374. The van der Waals surface area contributed by atoms with Crippen LogP contribution in [0.1, 0.15) is 20.3 Å². The number of carboxylic acid groups (broad SMARTS) is 1. The fourth-order valence-corrected chi connectivity index (χ4v) is 1.70. The highest BCUT2D eigenvalue weighted by Crippen LogP contribution is 2.08. The number of carbonyl (C=O) groups excluding carboxylic acids is 2. The number of rotatable bonds is 4. The van der Waals surface area contributed by atoms with Gasteiger partial charge in [0.2, 0.25) is 5.91 Å². The van der Waals surface area contributed by atoms with E-state index in [1.807, 2.05) is 0 Å². The molecule has 0 aromatic carbocycles. The van der Waals surface area contributed by atoms with Gasteiger partial charge >= 0.3 is 12.0 Å². The lowest BCUT2D eigenvalue weighted by Crippen LogP contribution is -2.50. The number of amides is 3. The van der Waals surface area contributed by atoms with Crippen LogP contribution in [0.3, 0.4) is 0 Å². The normalized spacial score (nSPS) is 22.5. The van der Waals surface area contributed by atoms with E-state index in [9.17, 15) is 14.4 Å². The van der Waals surface area contributed by atoms with Crippen molar-refractivity contribution in [2.45, 2.75) is 32.4 Å². The molecule has 0 aromatic heterocycles. The number of aliphatic carboxylic acids is 1. The Kier molecular flexibility index (Phi) is 4.52. The van der Waals surface area contributed by atoms with Gasteiger partial charge in [-0.3, -0.25) is 9.59 Å². The van der Waals surface area contributed by atoms with Crippen LogP contribution in [-0.4, -0.2) is 53.6 Å². The number of nitrogens with zero attached hydrogens (tertiary/aromatic N) is 1. The quantitative estimate of drug-likeness (QED) is 0.639. The summed E-state index contributed by atoms with van der Waals surface area (Å²) in [6.07, 6.45) is 0.575. The molecule has 1 aliphatic rings. The van der Waals surface area contributed by atoms with Crippen LogP contribution in [0.15, 0.2) is 0 Å². The Morgan fingerprint density at radius 1 is 1.44 bits per heavy atom. The second-order valence-electron chi connectivity index (χ2n) is 4.63. The summed E-state index contributed by atoms with van der Waals surface area (Å²) in [6.45, 7) is 3.74. The number of likely N-dealkylation sites (tertiary alicyclic amines) is 1. The molecule has 1 fully saturated rings. The first kappa shape index (κ1) is 14.3. The van der Waals surface area contributed by atoms with E-state index in [4.69, 9.17) is 5.11 Å². The second kappa shape index (κ2) is 5.70. The zero-order valence-electron chi connectivity index (χ0n) is 10.8. The first-order valence-corrected chi connectivity index (χ1v) is 5.87. The molecule has 3 N–H and O–H groups in total. The van der Waals surface area contributed by atoms with Gasteiger partial charge in [-0.25, -0.2) is 4.79 Å². The Bertz CT molecular complexity index is 358. The number of carboxylic acids is 1. The minimum Gasteiger partial charge on any atom is -0.481 e. The van der Waals surface area contributed by atoms with Crippen LogP contribution >= 0.6 is 0 Å². The van der Waals surface area contributed by atoms with Gasteiger partial charge in [-0.15, -0.1) is 0 Å². The minimum atomic E-state index is -0.973. The molecule has 3 amide bonds. The summed E-state index contributed by atoms with van der Waals surface area (Å²) in [6, 6.07) is -1.52. The van der Waals surface area contributed by atoms with E-state index in [-0.39, 0.29) is 5.91 Å². The molecule has 3 atom stereocenters. The molecule has 102 valence electrons. The number of urea groups is 1. The van der Waals surface area contributed by atoms with Crippen molar-refractivity contribution in [1.29, 1.82) is 0 Å². The average Bonchev–Trinajstić information content (AvgIpc) is 2.59. The van der Waals surface area contributed by atoms with Crippen LogP contribution in [0.25, 0.3) is 0 Å². The van der Waals surface area contributed by atoms with Crippen LogP contribution in [0, 0.1) is 5.92 Å². The zero-order chi connectivity index (χ0) is 13.9. The molecule has 0 aliphatic carbocycles. The van der Waals surface area contributed by atoms with Crippen molar-refractivity contribution in [3.05, 3.63) is 0 Å². The van der Waals surface area contributed by atoms with Crippen molar-refractivity contribution in [1.82, 2.24) is 15.5 Å². The third-order valence-corrected chi connectivity index (χ3v) is 3.23. The maximum absolute atomic E-state index is 11.6. The van der Waals surface area contributed by atoms with Crippen LogP contribution in [0.2, 0.25) is 0 Å². The monoisotopic (exact) mass is 257 g/mol. The van der Waals surface area contributed by atoms with E-state index in [1.54, 1.807) is 18.9 Å². The molecule has 7 nitrogen and oxygen atoms in total. The van der Waals surface area contributed by atoms with Gasteiger partial charge in [-0.1, -0.05) is 0 Å². The van der Waals surface area contributed by atoms with E-state index in [2.05, 4.69) is 10.6 Å².